The maximum absolute atomic E-state index is 11.8. The van der Waals surface area contributed by atoms with Gasteiger partial charge in [0.25, 0.3) is 0 Å². The zero-order valence-corrected chi connectivity index (χ0v) is 14.8. The molecule has 0 unspecified atom stereocenters. The van der Waals surface area contributed by atoms with Crippen LogP contribution in [0.2, 0.25) is 0 Å². The third-order valence-electron chi connectivity index (χ3n) is 3.89. The molecular weight excluding hydrogens is 288 g/mol. The summed E-state index contributed by atoms with van der Waals surface area (Å²) < 4.78 is 10.8. The molecule has 1 rings (SSSR count). The molecule has 0 heterocycles. The molecule has 3 heteroatoms. The van der Waals surface area contributed by atoms with Gasteiger partial charge in [0.15, 0.2) is 0 Å². The molecule has 0 saturated carbocycles. The van der Waals surface area contributed by atoms with Gasteiger partial charge < -0.3 is 9.47 Å². The van der Waals surface area contributed by atoms with Crippen LogP contribution in [0, 0.1) is 0 Å². The molecule has 1 aromatic carbocycles. The highest BCUT2D eigenvalue weighted by Crippen LogP contribution is 2.19. The minimum absolute atomic E-state index is 0.310. The van der Waals surface area contributed by atoms with Crippen molar-refractivity contribution in [3.63, 3.8) is 0 Å². The van der Waals surface area contributed by atoms with E-state index in [1.165, 1.54) is 51.4 Å². The smallest absolute Gasteiger partial charge is 0.341 e. The molecule has 0 aliphatic heterocycles. The van der Waals surface area contributed by atoms with Gasteiger partial charge in [0.2, 0.25) is 0 Å². The van der Waals surface area contributed by atoms with Crippen LogP contribution in [0.25, 0.3) is 0 Å². The molecule has 0 amide bonds. The fourth-order valence-corrected chi connectivity index (χ4v) is 2.56. The highest BCUT2D eigenvalue weighted by molar-refractivity contribution is 5.92. The Bertz CT molecular complexity index is 429. The maximum Gasteiger partial charge on any atom is 0.341 e. The minimum Gasteiger partial charge on any atom is -0.493 e. The summed E-state index contributed by atoms with van der Waals surface area (Å²) in [4.78, 5) is 11.8. The van der Waals surface area contributed by atoms with Crippen LogP contribution in [-0.4, -0.2) is 19.2 Å². The first kappa shape index (κ1) is 19.5. The first-order chi connectivity index (χ1) is 11.3. The van der Waals surface area contributed by atoms with Gasteiger partial charge in [-0.3, -0.25) is 0 Å². The van der Waals surface area contributed by atoms with E-state index in [2.05, 4.69) is 6.92 Å². The van der Waals surface area contributed by atoms with Gasteiger partial charge in [-0.1, -0.05) is 70.4 Å². The monoisotopic (exact) mass is 320 g/mol. The number of para-hydroxylation sites is 1. The Labute approximate surface area is 141 Å². The summed E-state index contributed by atoms with van der Waals surface area (Å²) in [6, 6.07) is 7.30. The molecular formula is C20H32O3. The quantitative estimate of drug-likeness (QED) is 0.342. The van der Waals surface area contributed by atoms with E-state index in [4.69, 9.17) is 9.47 Å². The van der Waals surface area contributed by atoms with Gasteiger partial charge in [0.05, 0.1) is 13.2 Å². The Morgan fingerprint density at radius 1 is 0.870 bits per heavy atom. The van der Waals surface area contributed by atoms with Gasteiger partial charge in [-0.05, 0) is 25.5 Å². The van der Waals surface area contributed by atoms with Crippen molar-refractivity contribution >= 4 is 5.97 Å². The number of rotatable bonds is 13. The van der Waals surface area contributed by atoms with E-state index < -0.39 is 0 Å². The van der Waals surface area contributed by atoms with E-state index in [1.54, 1.807) is 6.07 Å². The van der Waals surface area contributed by atoms with Crippen LogP contribution >= 0.6 is 0 Å². The molecule has 130 valence electrons. The van der Waals surface area contributed by atoms with E-state index in [0.29, 0.717) is 24.5 Å². The predicted molar refractivity (Wildman–Crippen MR) is 95.1 cm³/mol. The summed E-state index contributed by atoms with van der Waals surface area (Å²) in [5, 5.41) is 0. The Balaban J connectivity index is 2.15. The lowest BCUT2D eigenvalue weighted by Crippen LogP contribution is -2.08. The summed E-state index contributed by atoms with van der Waals surface area (Å²) in [5.74, 6) is 0.320. The molecule has 0 N–H and O–H groups in total. The van der Waals surface area contributed by atoms with Crippen LogP contribution in [0.1, 0.15) is 82.0 Å². The SMILES string of the molecule is CCCCCCCCCCCOc1ccccc1C(=O)OCC. The normalized spacial score (nSPS) is 10.5. The number of hydrogen-bond acceptors (Lipinski definition) is 3. The number of carbonyl (C=O) groups is 1. The van der Waals surface area contributed by atoms with Crippen molar-refractivity contribution in [2.75, 3.05) is 13.2 Å². The van der Waals surface area contributed by atoms with E-state index in [1.807, 2.05) is 25.1 Å². The lowest BCUT2D eigenvalue weighted by Gasteiger charge is -2.10. The summed E-state index contributed by atoms with van der Waals surface area (Å²) >= 11 is 0. The first-order valence-corrected chi connectivity index (χ1v) is 9.18. The fraction of sp³-hybridized carbons (Fsp3) is 0.650. The van der Waals surface area contributed by atoms with Crippen molar-refractivity contribution in [3.8, 4) is 5.75 Å². The van der Waals surface area contributed by atoms with Gasteiger partial charge >= 0.3 is 5.97 Å². The second kappa shape index (κ2) is 13.0. The van der Waals surface area contributed by atoms with Gasteiger partial charge in [0, 0.05) is 0 Å². The lowest BCUT2D eigenvalue weighted by molar-refractivity contribution is 0.0521. The van der Waals surface area contributed by atoms with Crippen molar-refractivity contribution in [2.24, 2.45) is 0 Å². The maximum atomic E-state index is 11.8. The highest BCUT2D eigenvalue weighted by atomic mass is 16.5. The molecule has 0 aromatic heterocycles. The van der Waals surface area contributed by atoms with Crippen LogP contribution in [0.5, 0.6) is 5.75 Å². The number of benzene rings is 1. The summed E-state index contributed by atoms with van der Waals surface area (Å²) in [7, 11) is 0. The van der Waals surface area contributed by atoms with Crippen LogP contribution in [-0.2, 0) is 4.74 Å². The average Bonchev–Trinajstić information content (AvgIpc) is 2.57. The average molecular weight is 320 g/mol. The summed E-state index contributed by atoms with van der Waals surface area (Å²) in [5.41, 5.74) is 0.519. The number of unbranched alkanes of at least 4 members (excludes halogenated alkanes) is 8. The molecule has 0 radical (unpaired) electrons. The van der Waals surface area contributed by atoms with Crippen LogP contribution in [0.4, 0.5) is 0 Å². The molecule has 0 saturated heterocycles. The predicted octanol–water partition coefficient (Wildman–Crippen LogP) is 5.77. The van der Waals surface area contributed by atoms with E-state index in [9.17, 15) is 4.79 Å². The Kier molecular flexibility index (Phi) is 11.0. The third kappa shape index (κ3) is 8.63. The van der Waals surface area contributed by atoms with Crippen molar-refractivity contribution in [2.45, 2.75) is 71.6 Å². The Morgan fingerprint density at radius 2 is 1.48 bits per heavy atom. The second-order valence-corrected chi connectivity index (χ2v) is 5.89. The van der Waals surface area contributed by atoms with E-state index in [-0.39, 0.29) is 5.97 Å². The molecule has 0 atom stereocenters. The van der Waals surface area contributed by atoms with Crippen molar-refractivity contribution < 1.29 is 14.3 Å². The van der Waals surface area contributed by atoms with Crippen molar-refractivity contribution in [1.29, 1.82) is 0 Å². The van der Waals surface area contributed by atoms with Gasteiger partial charge in [0.1, 0.15) is 11.3 Å². The standard InChI is InChI=1S/C20H32O3/c1-3-5-6-7-8-9-10-11-14-17-23-19-16-13-12-15-18(19)20(21)22-4-2/h12-13,15-16H,3-11,14,17H2,1-2H3. The molecule has 1 aromatic rings. The summed E-state index contributed by atoms with van der Waals surface area (Å²) in [6.07, 6.45) is 11.6. The van der Waals surface area contributed by atoms with E-state index >= 15 is 0 Å². The molecule has 23 heavy (non-hydrogen) atoms. The largest absolute Gasteiger partial charge is 0.493 e. The third-order valence-corrected chi connectivity index (χ3v) is 3.89. The lowest BCUT2D eigenvalue weighted by atomic mass is 10.1. The highest BCUT2D eigenvalue weighted by Gasteiger charge is 2.12. The molecule has 0 spiro atoms. The van der Waals surface area contributed by atoms with E-state index in [0.717, 1.165) is 6.42 Å². The molecule has 0 fully saturated rings. The number of carbonyl (C=O) groups excluding carboxylic acids is 1. The summed E-state index contributed by atoms with van der Waals surface area (Å²) in [6.45, 7) is 5.10. The van der Waals surface area contributed by atoms with Gasteiger partial charge in [-0.25, -0.2) is 4.79 Å². The molecule has 3 nitrogen and oxygen atoms in total. The second-order valence-electron chi connectivity index (χ2n) is 5.89. The first-order valence-electron chi connectivity index (χ1n) is 9.18. The Morgan fingerprint density at radius 3 is 2.13 bits per heavy atom. The van der Waals surface area contributed by atoms with Crippen LogP contribution in [0.3, 0.4) is 0 Å². The fourth-order valence-electron chi connectivity index (χ4n) is 2.56. The Hall–Kier alpha value is -1.51. The van der Waals surface area contributed by atoms with Crippen LogP contribution < -0.4 is 4.74 Å². The zero-order valence-electron chi connectivity index (χ0n) is 14.8. The zero-order chi connectivity index (χ0) is 16.8. The van der Waals surface area contributed by atoms with Gasteiger partial charge in [-0.15, -0.1) is 0 Å². The molecule has 0 aliphatic carbocycles. The van der Waals surface area contributed by atoms with Crippen molar-refractivity contribution in [1.82, 2.24) is 0 Å². The number of esters is 1. The minimum atomic E-state index is -0.310. The number of hydrogen-bond donors (Lipinski definition) is 0. The van der Waals surface area contributed by atoms with Crippen molar-refractivity contribution in [3.05, 3.63) is 29.8 Å². The molecule has 0 bridgehead atoms. The molecule has 0 aliphatic rings. The topological polar surface area (TPSA) is 35.5 Å². The number of ether oxygens (including phenoxy) is 2. The van der Waals surface area contributed by atoms with Crippen LogP contribution in [0.15, 0.2) is 24.3 Å². The van der Waals surface area contributed by atoms with Gasteiger partial charge in [-0.2, -0.15) is 0 Å².